The van der Waals surface area contributed by atoms with Gasteiger partial charge in [0.1, 0.15) is 0 Å². The van der Waals surface area contributed by atoms with Crippen LogP contribution >= 0.6 is 0 Å². The molecule has 43 heavy (non-hydrogen) atoms. The summed E-state index contributed by atoms with van der Waals surface area (Å²) < 4.78 is 96.8. The minimum atomic E-state index is -4.64. The normalized spacial score (nSPS) is 17.7. The Bertz CT molecular complexity index is 1600. The summed E-state index contributed by atoms with van der Waals surface area (Å²) in [7, 11) is 1.13. The first-order chi connectivity index (χ1) is 20.3. The highest BCUT2D eigenvalue weighted by atomic mass is 19.4. The number of rotatable bonds is 6. The molecule has 2 aliphatic heterocycles. The average molecular weight is 606 g/mol. The molecule has 1 atom stereocenters. The standard InChI is InChI=1S/C30H25F6N3O4/c1-17-25(27(40)41-2)26(20-6-4-8-22(13-20)30(34,35)36)38-28(37-14-18-9-10-23-24(12-18)43-16-42-23)39(17)15-19-5-3-7-21(11-19)29(31,32)33/h3-13,26H,14-16H2,1-2H3,(H,37,38). The van der Waals surface area contributed by atoms with Crippen molar-refractivity contribution in [2.75, 3.05) is 13.9 Å². The van der Waals surface area contributed by atoms with Gasteiger partial charge in [-0.3, -0.25) is 0 Å². The van der Waals surface area contributed by atoms with Crippen LogP contribution in [0.25, 0.3) is 0 Å². The van der Waals surface area contributed by atoms with Crippen molar-refractivity contribution in [3.05, 3.63) is 106 Å². The highest BCUT2D eigenvalue weighted by Gasteiger charge is 2.38. The smallest absolute Gasteiger partial charge is 0.416 e. The molecule has 0 spiro atoms. The Balaban J connectivity index is 1.60. The van der Waals surface area contributed by atoms with Crippen LogP contribution in [-0.2, 0) is 35.0 Å². The van der Waals surface area contributed by atoms with Crippen LogP contribution in [0.5, 0.6) is 11.5 Å². The lowest BCUT2D eigenvalue weighted by molar-refractivity contribution is -0.138. The number of aliphatic imine (C=N–C) groups is 1. The number of carbonyl (C=O) groups is 1. The molecule has 226 valence electrons. The second-order valence-electron chi connectivity index (χ2n) is 9.80. The lowest BCUT2D eigenvalue weighted by Gasteiger charge is -2.38. The Morgan fingerprint density at radius 2 is 1.60 bits per heavy atom. The van der Waals surface area contributed by atoms with E-state index in [1.807, 2.05) is 0 Å². The number of fused-ring (bicyclic) bond motifs is 1. The van der Waals surface area contributed by atoms with Crippen LogP contribution in [0.3, 0.4) is 0 Å². The molecule has 0 aromatic heterocycles. The number of hydrogen-bond acceptors (Lipinski definition) is 5. The fourth-order valence-corrected chi connectivity index (χ4v) is 4.87. The lowest BCUT2D eigenvalue weighted by Crippen LogP contribution is -2.48. The lowest BCUT2D eigenvalue weighted by atomic mass is 9.93. The molecule has 0 saturated carbocycles. The highest BCUT2D eigenvalue weighted by Crippen LogP contribution is 2.37. The van der Waals surface area contributed by atoms with Crippen molar-refractivity contribution in [1.29, 1.82) is 0 Å². The van der Waals surface area contributed by atoms with Crippen LogP contribution in [-0.4, -0.2) is 30.7 Å². The van der Waals surface area contributed by atoms with Gasteiger partial charge in [-0.25, -0.2) is 9.79 Å². The number of methoxy groups -OCH3 is 1. The summed E-state index contributed by atoms with van der Waals surface area (Å²) >= 11 is 0. The molecule has 3 aromatic rings. The summed E-state index contributed by atoms with van der Waals surface area (Å²) in [6, 6.07) is 13.3. The number of nitrogens with one attached hydrogen (secondary N) is 1. The third-order valence-electron chi connectivity index (χ3n) is 7.01. The van der Waals surface area contributed by atoms with Crippen molar-refractivity contribution >= 4 is 11.9 Å². The van der Waals surface area contributed by atoms with E-state index >= 15 is 0 Å². The van der Waals surface area contributed by atoms with E-state index in [1.165, 1.54) is 36.1 Å². The highest BCUT2D eigenvalue weighted by molar-refractivity contribution is 5.96. The van der Waals surface area contributed by atoms with Crippen molar-refractivity contribution < 1.29 is 45.3 Å². The van der Waals surface area contributed by atoms with Crippen molar-refractivity contribution in [2.45, 2.75) is 38.4 Å². The topological polar surface area (TPSA) is 72.4 Å². The molecule has 0 bridgehead atoms. The third-order valence-corrected chi connectivity index (χ3v) is 7.01. The van der Waals surface area contributed by atoms with Crippen molar-refractivity contribution in [3.63, 3.8) is 0 Å². The third kappa shape index (κ3) is 6.40. The summed E-state index contributed by atoms with van der Waals surface area (Å²) in [6.07, 6.45) is -9.22. The number of hydrogen-bond donors (Lipinski definition) is 1. The molecule has 0 amide bonds. The number of guanidine groups is 1. The van der Waals surface area contributed by atoms with Crippen molar-refractivity contribution in [3.8, 4) is 11.5 Å². The van der Waals surface area contributed by atoms with Crippen LogP contribution in [0.1, 0.15) is 40.8 Å². The summed E-state index contributed by atoms with van der Waals surface area (Å²) in [6.45, 7) is 1.53. The molecule has 7 nitrogen and oxygen atoms in total. The van der Waals surface area contributed by atoms with E-state index in [-0.39, 0.29) is 48.2 Å². The van der Waals surface area contributed by atoms with E-state index in [0.29, 0.717) is 17.1 Å². The van der Waals surface area contributed by atoms with Gasteiger partial charge in [0.05, 0.1) is 42.9 Å². The molecular weight excluding hydrogens is 580 g/mol. The Kier molecular flexibility index (Phi) is 8.00. The Labute approximate surface area is 242 Å². The van der Waals surface area contributed by atoms with E-state index < -0.39 is 35.5 Å². The van der Waals surface area contributed by atoms with Gasteiger partial charge in [0.15, 0.2) is 17.5 Å². The van der Waals surface area contributed by atoms with E-state index in [4.69, 9.17) is 14.2 Å². The predicted molar refractivity (Wildman–Crippen MR) is 143 cm³/mol. The van der Waals surface area contributed by atoms with Gasteiger partial charge in [-0.1, -0.05) is 30.3 Å². The number of allylic oxidation sites excluding steroid dienone is 1. The SMILES string of the molecule is COC(=O)C1=C(C)N(Cc2cccc(C(F)(F)F)c2)C(=NCc2ccc3c(c2)OCO3)NC1c1cccc(C(F)(F)F)c1. The van der Waals surface area contributed by atoms with Gasteiger partial charge in [-0.05, 0) is 60.0 Å². The zero-order chi connectivity index (χ0) is 30.9. The minimum absolute atomic E-state index is 0.0178. The van der Waals surface area contributed by atoms with Gasteiger partial charge < -0.3 is 24.4 Å². The molecule has 3 aromatic carbocycles. The molecule has 0 saturated heterocycles. The monoisotopic (exact) mass is 605 g/mol. The maximum atomic E-state index is 13.6. The number of nitrogens with zero attached hydrogens (tertiary/aromatic N) is 2. The molecular formula is C30H25F6N3O4. The molecule has 0 aliphatic carbocycles. The first-order valence-electron chi connectivity index (χ1n) is 12.9. The van der Waals surface area contributed by atoms with Gasteiger partial charge in [0.25, 0.3) is 0 Å². The van der Waals surface area contributed by atoms with Gasteiger partial charge in [0.2, 0.25) is 6.79 Å². The van der Waals surface area contributed by atoms with Crippen LogP contribution < -0.4 is 14.8 Å². The molecule has 0 radical (unpaired) electrons. The molecule has 1 unspecified atom stereocenters. The summed E-state index contributed by atoms with van der Waals surface area (Å²) in [5, 5.41) is 3.05. The van der Waals surface area contributed by atoms with E-state index in [2.05, 4.69) is 10.3 Å². The zero-order valence-corrected chi connectivity index (χ0v) is 22.8. The van der Waals surface area contributed by atoms with Gasteiger partial charge in [-0.2, -0.15) is 26.3 Å². The maximum absolute atomic E-state index is 13.6. The summed E-state index contributed by atoms with van der Waals surface area (Å²) in [5.74, 6) is 0.379. The number of esters is 1. The van der Waals surface area contributed by atoms with E-state index in [9.17, 15) is 31.1 Å². The van der Waals surface area contributed by atoms with Crippen molar-refractivity contribution in [2.24, 2.45) is 4.99 Å². The minimum Gasteiger partial charge on any atom is -0.466 e. The average Bonchev–Trinajstić information content (AvgIpc) is 3.44. The molecule has 2 aliphatic rings. The molecule has 0 fully saturated rings. The van der Waals surface area contributed by atoms with Gasteiger partial charge in [-0.15, -0.1) is 0 Å². The first-order valence-corrected chi connectivity index (χ1v) is 12.9. The van der Waals surface area contributed by atoms with E-state index in [0.717, 1.165) is 31.4 Å². The fourth-order valence-electron chi connectivity index (χ4n) is 4.87. The van der Waals surface area contributed by atoms with Crippen LogP contribution in [0, 0.1) is 0 Å². The second-order valence-corrected chi connectivity index (χ2v) is 9.80. The number of alkyl halides is 6. The number of ether oxygens (including phenoxy) is 3. The van der Waals surface area contributed by atoms with Gasteiger partial charge >= 0.3 is 18.3 Å². The first kappa shape index (κ1) is 29.8. The fraction of sp³-hybridized carbons (Fsp3) is 0.267. The summed E-state index contributed by atoms with van der Waals surface area (Å²) in [4.78, 5) is 19.2. The van der Waals surface area contributed by atoms with Crippen LogP contribution in [0.15, 0.2) is 83.0 Å². The zero-order valence-electron chi connectivity index (χ0n) is 22.8. The number of carbonyl (C=O) groups excluding carboxylic acids is 1. The van der Waals surface area contributed by atoms with E-state index in [1.54, 1.807) is 18.2 Å². The van der Waals surface area contributed by atoms with Crippen LogP contribution in [0.2, 0.25) is 0 Å². The predicted octanol–water partition coefficient (Wildman–Crippen LogP) is 6.60. The second kappa shape index (κ2) is 11.5. The quantitative estimate of drug-likeness (QED) is 0.252. The largest absolute Gasteiger partial charge is 0.466 e. The van der Waals surface area contributed by atoms with Crippen molar-refractivity contribution in [1.82, 2.24) is 10.2 Å². The summed E-state index contributed by atoms with van der Waals surface area (Å²) in [5.41, 5.74) is -0.471. The van der Waals surface area contributed by atoms with Gasteiger partial charge in [0, 0.05) is 5.70 Å². The Morgan fingerprint density at radius 1 is 0.930 bits per heavy atom. The number of halogens is 6. The molecule has 5 rings (SSSR count). The Hall–Kier alpha value is -4.68. The maximum Gasteiger partial charge on any atom is 0.416 e. The molecule has 13 heteroatoms. The van der Waals surface area contributed by atoms with Crippen LogP contribution in [0.4, 0.5) is 26.3 Å². The molecule has 1 N–H and O–H groups in total. The Morgan fingerprint density at radius 3 is 2.30 bits per heavy atom. The number of benzene rings is 3. The molecule has 2 heterocycles.